The van der Waals surface area contributed by atoms with Gasteiger partial charge in [-0.25, -0.2) is 0 Å². The first-order valence-corrected chi connectivity index (χ1v) is 10.5. The molecule has 4 rings (SSSR count). The summed E-state index contributed by atoms with van der Waals surface area (Å²) in [6.07, 6.45) is 8.15. The Morgan fingerprint density at radius 1 is 1.17 bits per heavy atom. The molecule has 3 aromatic rings. The first-order valence-electron chi connectivity index (χ1n) is 9.76. The molecule has 1 aromatic carbocycles. The van der Waals surface area contributed by atoms with Gasteiger partial charge in [-0.1, -0.05) is 36.0 Å². The third-order valence-corrected chi connectivity index (χ3v) is 5.83. The molecule has 0 radical (unpaired) electrons. The molecule has 0 unspecified atom stereocenters. The molecule has 29 heavy (non-hydrogen) atoms. The molecule has 1 aliphatic carbocycles. The number of hydrogen-bond acceptors (Lipinski definition) is 5. The molecule has 0 spiro atoms. The molecule has 1 amide bonds. The van der Waals surface area contributed by atoms with Crippen LogP contribution in [0.5, 0.6) is 0 Å². The Labute approximate surface area is 178 Å². The number of benzene rings is 1. The predicted molar refractivity (Wildman–Crippen MR) is 115 cm³/mol. The van der Waals surface area contributed by atoms with Gasteiger partial charge in [0.1, 0.15) is 12.2 Å². The lowest BCUT2D eigenvalue weighted by atomic mass is 10.1. The van der Waals surface area contributed by atoms with E-state index in [-0.39, 0.29) is 12.5 Å². The Morgan fingerprint density at radius 3 is 2.62 bits per heavy atom. The first-order chi connectivity index (χ1) is 14.0. The molecule has 0 atom stereocenters. The minimum atomic E-state index is -0.0935. The third-order valence-electron chi connectivity index (χ3n) is 5.10. The van der Waals surface area contributed by atoms with E-state index >= 15 is 0 Å². The molecular weight excluding hydrogens is 411 g/mol. The summed E-state index contributed by atoms with van der Waals surface area (Å²) < 4.78 is 1.58. The van der Waals surface area contributed by atoms with Crippen LogP contribution in [-0.2, 0) is 11.3 Å². The molecular formula is C20H22Cl2N6O. The average molecular weight is 433 g/mol. The number of likely N-dealkylation sites (N-methyl/N-ethyl adjacent to an activating group) is 1. The number of nitrogens with one attached hydrogen (secondary N) is 2. The summed E-state index contributed by atoms with van der Waals surface area (Å²) >= 11 is 12.6. The molecule has 2 heterocycles. The Bertz CT molecular complexity index is 1040. The van der Waals surface area contributed by atoms with Crippen molar-refractivity contribution in [3.05, 3.63) is 34.6 Å². The lowest BCUT2D eigenvalue weighted by molar-refractivity contribution is -0.121. The van der Waals surface area contributed by atoms with Gasteiger partial charge in [0, 0.05) is 35.1 Å². The van der Waals surface area contributed by atoms with Gasteiger partial charge in [-0.2, -0.15) is 5.10 Å². The lowest BCUT2D eigenvalue weighted by Gasteiger charge is -2.15. The van der Waals surface area contributed by atoms with Crippen LogP contribution in [0.1, 0.15) is 32.6 Å². The Balaban J connectivity index is 1.72. The number of nitrogens with zero attached hydrogens (tertiary/aromatic N) is 4. The first kappa shape index (κ1) is 19.9. The number of rotatable bonds is 6. The number of aromatic nitrogens is 4. The molecule has 1 saturated carbocycles. The molecule has 1 aliphatic rings. The zero-order valence-corrected chi connectivity index (χ0v) is 17.6. The summed E-state index contributed by atoms with van der Waals surface area (Å²) in [6, 6.07) is 4.03. The quantitative estimate of drug-likeness (QED) is 0.606. The summed E-state index contributed by atoms with van der Waals surface area (Å²) in [4.78, 5) is 11.8. The van der Waals surface area contributed by atoms with E-state index in [2.05, 4.69) is 25.9 Å². The standard InChI is InChI=1S/C20H22Cl2N6O/c1-2-23-18(29)11-28-10-12(9-24-28)19-14-7-16(21)17(22)8-15(14)20(27-26-19)25-13-5-3-4-6-13/h7-10,13H,2-6,11H2,1H3,(H,23,29)(H,25,27). The zero-order valence-electron chi connectivity index (χ0n) is 16.1. The van der Waals surface area contributed by atoms with E-state index in [9.17, 15) is 4.79 Å². The molecule has 2 aromatic heterocycles. The summed E-state index contributed by atoms with van der Waals surface area (Å²) in [6.45, 7) is 2.61. The lowest BCUT2D eigenvalue weighted by Crippen LogP contribution is -2.27. The molecule has 0 bridgehead atoms. The highest BCUT2D eigenvalue weighted by Crippen LogP contribution is 2.36. The van der Waals surface area contributed by atoms with Crippen molar-refractivity contribution in [3.63, 3.8) is 0 Å². The SMILES string of the molecule is CCNC(=O)Cn1cc(-c2nnc(NC3CCCC3)c3cc(Cl)c(Cl)cc23)cn1. The molecule has 0 aliphatic heterocycles. The van der Waals surface area contributed by atoms with E-state index in [0.717, 1.165) is 29.2 Å². The summed E-state index contributed by atoms with van der Waals surface area (Å²) in [7, 11) is 0. The highest BCUT2D eigenvalue weighted by Gasteiger charge is 2.19. The van der Waals surface area contributed by atoms with Crippen LogP contribution in [0, 0.1) is 0 Å². The van der Waals surface area contributed by atoms with E-state index in [0.29, 0.717) is 34.1 Å². The molecule has 1 fully saturated rings. The van der Waals surface area contributed by atoms with Crippen LogP contribution in [0.2, 0.25) is 10.0 Å². The van der Waals surface area contributed by atoms with E-state index in [4.69, 9.17) is 23.2 Å². The summed E-state index contributed by atoms with van der Waals surface area (Å²) in [5.74, 6) is 0.618. The second-order valence-electron chi connectivity index (χ2n) is 7.21. The zero-order chi connectivity index (χ0) is 20.4. The van der Waals surface area contributed by atoms with Gasteiger partial charge in [-0.15, -0.1) is 10.2 Å². The van der Waals surface area contributed by atoms with Gasteiger partial charge < -0.3 is 10.6 Å². The van der Waals surface area contributed by atoms with Crippen LogP contribution in [0.15, 0.2) is 24.5 Å². The van der Waals surface area contributed by atoms with Crippen molar-refractivity contribution in [2.24, 2.45) is 0 Å². The van der Waals surface area contributed by atoms with Crippen molar-refractivity contribution in [3.8, 4) is 11.3 Å². The number of fused-ring (bicyclic) bond motifs is 1. The summed E-state index contributed by atoms with van der Waals surface area (Å²) in [5, 5.41) is 22.1. The number of hydrogen-bond donors (Lipinski definition) is 2. The fourth-order valence-electron chi connectivity index (χ4n) is 3.70. The van der Waals surface area contributed by atoms with Gasteiger partial charge in [0.25, 0.3) is 0 Å². The fraction of sp³-hybridized carbons (Fsp3) is 0.400. The average Bonchev–Trinajstić information content (AvgIpc) is 3.36. The third kappa shape index (κ3) is 4.31. The Morgan fingerprint density at radius 2 is 1.90 bits per heavy atom. The number of amides is 1. The maximum atomic E-state index is 11.8. The number of anilines is 1. The van der Waals surface area contributed by atoms with Crippen molar-refractivity contribution >= 4 is 45.7 Å². The number of carbonyl (C=O) groups is 1. The van der Waals surface area contributed by atoms with E-state index in [1.54, 1.807) is 17.1 Å². The van der Waals surface area contributed by atoms with Crippen LogP contribution in [-0.4, -0.2) is 38.5 Å². The molecule has 7 nitrogen and oxygen atoms in total. The van der Waals surface area contributed by atoms with E-state index in [1.165, 1.54) is 12.8 Å². The van der Waals surface area contributed by atoms with E-state index in [1.807, 2.05) is 19.1 Å². The largest absolute Gasteiger partial charge is 0.365 e. The monoisotopic (exact) mass is 432 g/mol. The Kier molecular flexibility index (Phi) is 5.87. The molecule has 9 heteroatoms. The van der Waals surface area contributed by atoms with Crippen molar-refractivity contribution < 1.29 is 4.79 Å². The van der Waals surface area contributed by atoms with Crippen molar-refractivity contribution in [1.82, 2.24) is 25.3 Å². The van der Waals surface area contributed by atoms with Crippen LogP contribution in [0.3, 0.4) is 0 Å². The topological polar surface area (TPSA) is 84.7 Å². The van der Waals surface area contributed by atoms with Gasteiger partial charge in [0.15, 0.2) is 5.82 Å². The van der Waals surface area contributed by atoms with E-state index < -0.39 is 0 Å². The molecule has 2 N–H and O–H groups in total. The highest BCUT2D eigenvalue weighted by molar-refractivity contribution is 6.43. The van der Waals surface area contributed by atoms with Gasteiger partial charge >= 0.3 is 0 Å². The second-order valence-corrected chi connectivity index (χ2v) is 8.03. The predicted octanol–water partition coefficient (Wildman–Crippen LogP) is 4.29. The van der Waals surface area contributed by atoms with Gasteiger partial charge in [-0.05, 0) is 31.9 Å². The summed E-state index contributed by atoms with van der Waals surface area (Å²) in [5.41, 5.74) is 1.41. The van der Waals surface area contributed by atoms with Gasteiger partial charge in [0.2, 0.25) is 5.91 Å². The van der Waals surface area contributed by atoms with Crippen LogP contribution >= 0.6 is 23.2 Å². The minimum Gasteiger partial charge on any atom is -0.365 e. The van der Waals surface area contributed by atoms with Crippen molar-refractivity contribution in [2.45, 2.75) is 45.2 Å². The fourth-order valence-corrected chi connectivity index (χ4v) is 4.03. The Hall–Kier alpha value is -2.38. The van der Waals surface area contributed by atoms with Crippen molar-refractivity contribution in [2.75, 3.05) is 11.9 Å². The minimum absolute atomic E-state index is 0.0935. The normalized spacial score (nSPS) is 14.4. The van der Waals surface area contributed by atoms with Gasteiger partial charge in [0.05, 0.1) is 16.2 Å². The smallest absolute Gasteiger partial charge is 0.241 e. The maximum Gasteiger partial charge on any atom is 0.241 e. The van der Waals surface area contributed by atoms with Crippen LogP contribution < -0.4 is 10.6 Å². The second kappa shape index (κ2) is 8.55. The van der Waals surface area contributed by atoms with Crippen molar-refractivity contribution in [1.29, 1.82) is 0 Å². The highest BCUT2D eigenvalue weighted by atomic mass is 35.5. The van der Waals surface area contributed by atoms with Crippen LogP contribution in [0.25, 0.3) is 22.0 Å². The van der Waals surface area contributed by atoms with Crippen LogP contribution in [0.4, 0.5) is 5.82 Å². The van der Waals surface area contributed by atoms with Gasteiger partial charge in [-0.3, -0.25) is 9.48 Å². The molecule has 0 saturated heterocycles. The maximum absolute atomic E-state index is 11.8. The molecule has 152 valence electrons. The number of halogens is 2. The number of carbonyl (C=O) groups excluding carboxylic acids is 1.